The Kier molecular flexibility index (Phi) is 2.65. The number of pyridine rings is 1. The van der Waals surface area contributed by atoms with Crippen molar-refractivity contribution in [1.29, 1.82) is 0 Å². The third kappa shape index (κ3) is 1.42. The van der Waals surface area contributed by atoms with Crippen molar-refractivity contribution in [3.8, 4) is 5.88 Å². The van der Waals surface area contributed by atoms with Crippen molar-refractivity contribution in [3.63, 3.8) is 0 Å². The maximum Gasteiger partial charge on any atom is 0.222 e. The lowest BCUT2D eigenvalue weighted by molar-refractivity contribution is 0.396. The molecule has 0 aliphatic carbocycles. The first-order chi connectivity index (χ1) is 5.57. The van der Waals surface area contributed by atoms with Gasteiger partial charge in [-0.2, -0.15) is 0 Å². The van der Waals surface area contributed by atoms with E-state index in [1.165, 1.54) is 7.11 Å². The van der Waals surface area contributed by atoms with E-state index in [1.54, 1.807) is 6.92 Å². The summed E-state index contributed by atoms with van der Waals surface area (Å²) in [6.45, 7) is 1.67. The number of methoxy groups -OCH3 is 1. The number of ether oxygens (including phenoxy) is 1. The summed E-state index contributed by atoms with van der Waals surface area (Å²) in [6.07, 6.45) is 0. The third-order valence-electron chi connectivity index (χ3n) is 1.43. The molecule has 0 spiro atoms. The minimum atomic E-state index is -0.411. The number of halogens is 2. The van der Waals surface area contributed by atoms with Crippen LogP contribution in [0.5, 0.6) is 5.88 Å². The number of nitrogens with one attached hydrogen (secondary N) is 1. The number of hydrogen-bond acceptors (Lipinski definition) is 2. The number of aromatic amines is 1. The molecular weight excluding hydrogens is 201 g/mol. The van der Waals surface area contributed by atoms with Crippen LogP contribution in [0.1, 0.15) is 5.69 Å². The van der Waals surface area contributed by atoms with Gasteiger partial charge in [0, 0.05) is 5.69 Å². The minimum Gasteiger partial charge on any atom is -0.481 e. The highest BCUT2D eigenvalue weighted by Crippen LogP contribution is 2.21. The van der Waals surface area contributed by atoms with Gasteiger partial charge in [-0.05, 0) is 6.92 Å². The van der Waals surface area contributed by atoms with Gasteiger partial charge in [0.15, 0.2) is 0 Å². The van der Waals surface area contributed by atoms with Crippen molar-refractivity contribution in [2.75, 3.05) is 7.11 Å². The van der Waals surface area contributed by atoms with Gasteiger partial charge in [0.1, 0.15) is 10.0 Å². The molecule has 1 rings (SSSR count). The summed E-state index contributed by atoms with van der Waals surface area (Å²) >= 11 is 11.2. The fraction of sp³-hybridized carbons (Fsp3) is 0.286. The number of aryl methyl sites for hydroxylation is 1. The lowest BCUT2D eigenvalue weighted by Gasteiger charge is -2.04. The molecule has 0 bridgehead atoms. The SMILES string of the molecule is COc1[nH]c(C)c(Cl)c(=O)c1Cl. The van der Waals surface area contributed by atoms with Gasteiger partial charge in [-0.1, -0.05) is 23.2 Å². The summed E-state index contributed by atoms with van der Waals surface area (Å²) in [4.78, 5) is 14.0. The van der Waals surface area contributed by atoms with Crippen molar-refractivity contribution in [2.24, 2.45) is 0 Å². The normalized spacial score (nSPS) is 10.0. The molecule has 0 aromatic carbocycles. The lowest BCUT2D eigenvalue weighted by Crippen LogP contribution is -2.08. The van der Waals surface area contributed by atoms with Crippen molar-refractivity contribution in [3.05, 3.63) is 26.0 Å². The largest absolute Gasteiger partial charge is 0.481 e. The zero-order chi connectivity index (χ0) is 9.30. The molecule has 0 radical (unpaired) electrons. The molecule has 3 nitrogen and oxygen atoms in total. The molecule has 0 aliphatic rings. The maximum atomic E-state index is 11.2. The van der Waals surface area contributed by atoms with E-state index in [9.17, 15) is 4.79 Å². The number of rotatable bonds is 1. The van der Waals surface area contributed by atoms with E-state index in [1.807, 2.05) is 0 Å². The Labute approximate surface area is 79.3 Å². The average Bonchev–Trinajstić information content (AvgIpc) is 2.08. The van der Waals surface area contributed by atoms with Gasteiger partial charge in [-0.15, -0.1) is 0 Å². The highest BCUT2D eigenvalue weighted by molar-refractivity contribution is 6.35. The minimum absolute atomic E-state index is 0.0203. The van der Waals surface area contributed by atoms with E-state index >= 15 is 0 Å². The van der Waals surface area contributed by atoms with Crippen molar-refractivity contribution >= 4 is 23.2 Å². The molecule has 0 unspecified atom stereocenters. The van der Waals surface area contributed by atoms with Crippen molar-refractivity contribution in [2.45, 2.75) is 6.92 Å². The van der Waals surface area contributed by atoms with Crippen LogP contribution >= 0.6 is 23.2 Å². The molecule has 1 aromatic heterocycles. The van der Waals surface area contributed by atoms with E-state index in [0.717, 1.165) is 0 Å². The molecule has 1 aromatic rings. The Morgan fingerprint density at radius 3 is 2.42 bits per heavy atom. The van der Waals surface area contributed by atoms with Gasteiger partial charge in [0.05, 0.1) is 7.11 Å². The van der Waals surface area contributed by atoms with E-state index < -0.39 is 5.43 Å². The Bertz CT molecular complexity index is 359. The van der Waals surface area contributed by atoms with Crippen LogP contribution in [-0.2, 0) is 0 Å². The van der Waals surface area contributed by atoms with Crippen LogP contribution in [0.25, 0.3) is 0 Å². The van der Waals surface area contributed by atoms with Gasteiger partial charge >= 0.3 is 0 Å². The standard InChI is InChI=1S/C7H7Cl2NO2/c1-3-4(8)6(11)5(9)7(10-3)12-2/h1-2H3,(H,10,11). The van der Waals surface area contributed by atoms with Gasteiger partial charge < -0.3 is 9.72 Å². The van der Waals surface area contributed by atoms with E-state index in [0.29, 0.717) is 5.69 Å². The maximum absolute atomic E-state index is 11.2. The summed E-state index contributed by atoms with van der Waals surface area (Å²) in [5.74, 6) is 0.239. The van der Waals surface area contributed by atoms with Crippen LogP contribution in [0, 0.1) is 6.92 Å². The average molecular weight is 208 g/mol. The fourth-order valence-corrected chi connectivity index (χ4v) is 1.20. The quantitative estimate of drug-likeness (QED) is 0.766. The second-order valence-electron chi connectivity index (χ2n) is 2.24. The molecular formula is C7H7Cl2NO2. The monoisotopic (exact) mass is 207 g/mol. The Hall–Kier alpha value is -0.670. The summed E-state index contributed by atoms with van der Waals surface area (Å²) in [5.41, 5.74) is 0.134. The highest BCUT2D eigenvalue weighted by atomic mass is 35.5. The van der Waals surface area contributed by atoms with E-state index in [2.05, 4.69) is 4.98 Å². The van der Waals surface area contributed by atoms with Gasteiger partial charge in [-0.3, -0.25) is 4.79 Å². The van der Waals surface area contributed by atoms with Crippen LogP contribution in [0.2, 0.25) is 10.0 Å². The second kappa shape index (κ2) is 3.37. The molecule has 0 fully saturated rings. The predicted molar refractivity (Wildman–Crippen MR) is 48.4 cm³/mol. The van der Waals surface area contributed by atoms with Crippen LogP contribution in [0.15, 0.2) is 4.79 Å². The van der Waals surface area contributed by atoms with E-state index in [-0.39, 0.29) is 15.9 Å². The highest BCUT2D eigenvalue weighted by Gasteiger charge is 2.11. The lowest BCUT2D eigenvalue weighted by atomic mass is 10.3. The molecule has 66 valence electrons. The second-order valence-corrected chi connectivity index (χ2v) is 3.00. The van der Waals surface area contributed by atoms with Crippen LogP contribution in [0.3, 0.4) is 0 Å². The van der Waals surface area contributed by atoms with Crippen LogP contribution in [0.4, 0.5) is 0 Å². The van der Waals surface area contributed by atoms with Crippen LogP contribution in [-0.4, -0.2) is 12.1 Å². The summed E-state index contributed by atoms with van der Waals surface area (Å²) in [7, 11) is 1.42. The first kappa shape index (κ1) is 9.42. The molecule has 0 atom stereocenters. The van der Waals surface area contributed by atoms with Gasteiger partial charge in [-0.25, -0.2) is 0 Å². The Morgan fingerprint density at radius 1 is 1.33 bits per heavy atom. The van der Waals surface area contributed by atoms with Crippen molar-refractivity contribution in [1.82, 2.24) is 4.98 Å². The Morgan fingerprint density at radius 2 is 1.92 bits per heavy atom. The molecule has 0 aliphatic heterocycles. The smallest absolute Gasteiger partial charge is 0.222 e. The molecule has 1 N–H and O–H groups in total. The number of aromatic nitrogens is 1. The Balaban J connectivity index is 3.50. The number of hydrogen-bond donors (Lipinski definition) is 1. The summed E-state index contributed by atoms with van der Waals surface area (Å²) in [6, 6.07) is 0. The summed E-state index contributed by atoms with van der Waals surface area (Å²) < 4.78 is 4.82. The molecule has 0 amide bonds. The topological polar surface area (TPSA) is 42.1 Å². The zero-order valence-electron chi connectivity index (χ0n) is 6.57. The van der Waals surface area contributed by atoms with E-state index in [4.69, 9.17) is 27.9 Å². The van der Waals surface area contributed by atoms with Gasteiger partial charge in [0.25, 0.3) is 0 Å². The van der Waals surface area contributed by atoms with Crippen LogP contribution < -0.4 is 10.2 Å². The first-order valence-electron chi connectivity index (χ1n) is 3.19. The molecule has 1 heterocycles. The number of H-pyrrole nitrogens is 1. The first-order valence-corrected chi connectivity index (χ1v) is 3.95. The van der Waals surface area contributed by atoms with Crippen molar-refractivity contribution < 1.29 is 4.74 Å². The zero-order valence-corrected chi connectivity index (χ0v) is 8.08. The molecule has 12 heavy (non-hydrogen) atoms. The van der Waals surface area contributed by atoms with Gasteiger partial charge in [0.2, 0.25) is 11.3 Å². The molecule has 0 saturated carbocycles. The predicted octanol–water partition coefficient (Wildman–Crippen LogP) is 2.00. The third-order valence-corrected chi connectivity index (χ3v) is 2.23. The molecule has 0 saturated heterocycles. The summed E-state index contributed by atoms with van der Waals surface area (Å²) in [5, 5.41) is 0.0777. The molecule has 5 heteroatoms. The fourth-order valence-electron chi connectivity index (χ4n) is 0.790.